The first-order valence-electron chi connectivity index (χ1n) is 15.3. The van der Waals surface area contributed by atoms with Crippen LogP contribution in [0.1, 0.15) is 51.2 Å². The lowest BCUT2D eigenvalue weighted by Crippen LogP contribution is -2.52. The topological polar surface area (TPSA) is 68.3 Å². The third-order valence-corrected chi connectivity index (χ3v) is 8.77. The van der Waals surface area contributed by atoms with E-state index in [1.54, 1.807) is 18.1 Å². The molecule has 238 valence electrons. The minimum absolute atomic E-state index is 0.0173. The minimum Gasteiger partial charge on any atom is -0.444 e. The van der Waals surface area contributed by atoms with E-state index in [2.05, 4.69) is 24.3 Å². The second-order valence-electron chi connectivity index (χ2n) is 12.4. The molecular weight excluding hydrogens is 611 g/mol. The number of hydrogen-bond acceptors (Lipinski definition) is 5. The highest BCUT2D eigenvalue weighted by atomic mass is 35.5. The fourth-order valence-corrected chi connectivity index (χ4v) is 6.07. The van der Waals surface area contributed by atoms with Gasteiger partial charge in [0.15, 0.2) is 0 Å². The van der Waals surface area contributed by atoms with Crippen LogP contribution in [0.4, 0.5) is 4.79 Å². The first-order valence-corrected chi connectivity index (χ1v) is 16.0. The van der Waals surface area contributed by atoms with Crippen molar-refractivity contribution in [2.75, 3.05) is 27.1 Å². The van der Waals surface area contributed by atoms with Crippen LogP contribution in [0.15, 0.2) is 78.4 Å². The number of nitrogens with zero attached hydrogens (tertiary/aromatic N) is 2. The fourth-order valence-electron chi connectivity index (χ4n) is 5.69. The number of methoxy groups -OCH3 is 1. The quantitative estimate of drug-likeness (QED) is 0.163. The predicted octanol–water partition coefficient (Wildman–Crippen LogP) is 8.24. The van der Waals surface area contributed by atoms with Crippen molar-refractivity contribution in [3.8, 4) is 11.1 Å². The number of carbonyl (C=O) groups excluding carboxylic acids is 2. The summed E-state index contributed by atoms with van der Waals surface area (Å²) in [5.74, 6) is -0.159. The summed E-state index contributed by atoms with van der Waals surface area (Å²) in [6.45, 7) is 6.23. The molecule has 5 rings (SSSR count). The van der Waals surface area contributed by atoms with Crippen LogP contribution in [0, 0.1) is 0 Å². The molecule has 0 saturated heterocycles. The molecule has 2 aliphatic rings. The maximum atomic E-state index is 14.9. The van der Waals surface area contributed by atoms with Crippen LogP contribution in [0.5, 0.6) is 0 Å². The van der Waals surface area contributed by atoms with Crippen molar-refractivity contribution in [3.05, 3.63) is 99.5 Å². The normalized spacial score (nSPS) is 16.9. The Morgan fingerprint density at radius 1 is 0.933 bits per heavy atom. The third kappa shape index (κ3) is 8.08. The Morgan fingerprint density at radius 3 is 2.31 bits per heavy atom. The largest absolute Gasteiger partial charge is 0.444 e. The Balaban J connectivity index is 1.63. The number of rotatable bonds is 10. The molecule has 1 aliphatic carbocycles. The molecular formula is C36H40Cl2N2O5. The highest BCUT2D eigenvalue weighted by molar-refractivity contribution is 6.42. The molecule has 1 saturated carbocycles. The van der Waals surface area contributed by atoms with Gasteiger partial charge in [-0.1, -0.05) is 83.9 Å². The zero-order chi connectivity index (χ0) is 32.1. The molecule has 0 unspecified atom stereocenters. The van der Waals surface area contributed by atoms with E-state index in [4.69, 9.17) is 37.4 Å². The number of hydrogen-bond donors (Lipinski definition) is 0. The van der Waals surface area contributed by atoms with Crippen LogP contribution in [0.3, 0.4) is 0 Å². The van der Waals surface area contributed by atoms with Crippen LogP contribution in [-0.4, -0.2) is 66.5 Å². The average molecular weight is 652 g/mol. The average Bonchev–Trinajstić information content (AvgIpc) is 3.86. The first-order chi connectivity index (χ1) is 21.6. The maximum Gasteiger partial charge on any atom is 0.410 e. The minimum atomic E-state index is -0.712. The molecule has 9 heteroatoms. The lowest BCUT2D eigenvalue weighted by atomic mass is 9.86. The molecule has 1 atom stereocenters. The van der Waals surface area contributed by atoms with E-state index < -0.39 is 17.7 Å². The summed E-state index contributed by atoms with van der Waals surface area (Å²) < 4.78 is 16.9. The summed E-state index contributed by atoms with van der Waals surface area (Å²) in [5, 5.41) is 0.871. The summed E-state index contributed by atoms with van der Waals surface area (Å²) in [5.41, 5.74) is 4.50. The molecule has 7 nitrogen and oxygen atoms in total. The van der Waals surface area contributed by atoms with E-state index >= 15 is 0 Å². The van der Waals surface area contributed by atoms with Gasteiger partial charge in [-0.05, 0) is 80.0 Å². The van der Waals surface area contributed by atoms with Crippen LogP contribution in [-0.2, 0) is 25.5 Å². The molecule has 2 amide bonds. The van der Waals surface area contributed by atoms with Crippen LogP contribution in [0.2, 0.25) is 10.0 Å². The van der Waals surface area contributed by atoms with Gasteiger partial charge in [0, 0.05) is 31.8 Å². The molecule has 3 aromatic rings. The van der Waals surface area contributed by atoms with Crippen molar-refractivity contribution >= 4 is 40.8 Å². The summed E-state index contributed by atoms with van der Waals surface area (Å²) in [7, 11) is 1.54. The number of amides is 2. The summed E-state index contributed by atoms with van der Waals surface area (Å²) in [6.07, 6.45) is 1.75. The number of benzene rings is 3. The Labute approximate surface area is 275 Å². The van der Waals surface area contributed by atoms with Crippen molar-refractivity contribution in [3.63, 3.8) is 0 Å². The van der Waals surface area contributed by atoms with Gasteiger partial charge in [0.25, 0.3) is 5.91 Å². The van der Waals surface area contributed by atoms with Crippen molar-refractivity contribution < 1.29 is 23.8 Å². The van der Waals surface area contributed by atoms with E-state index in [9.17, 15) is 9.59 Å². The number of halogens is 2. The molecule has 1 aliphatic heterocycles. The number of carbonyl (C=O) groups is 2. The molecule has 0 bridgehead atoms. The fraction of sp³-hybridized carbons (Fsp3) is 0.389. The van der Waals surface area contributed by atoms with Gasteiger partial charge in [-0.15, -0.1) is 0 Å². The van der Waals surface area contributed by atoms with Gasteiger partial charge in [-0.25, -0.2) is 4.79 Å². The molecule has 0 spiro atoms. The maximum absolute atomic E-state index is 14.9. The van der Waals surface area contributed by atoms with E-state index in [1.165, 1.54) is 0 Å². The lowest BCUT2D eigenvalue weighted by Gasteiger charge is -2.40. The Morgan fingerprint density at radius 2 is 1.62 bits per heavy atom. The zero-order valence-corrected chi connectivity index (χ0v) is 27.7. The van der Waals surface area contributed by atoms with Crippen molar-refractivity contribution in [2.24, 2.45) is 0 Å². The summed E-state index contributed by atoms with van der Waals surface area (Å²) >= 11 is 13.0. The lowest BCUT2D eigenvalue weighted by molar-refractivity contribution is -0.129. The highest BCUT2D eigenvalue weighted by Crippen LogP contribution is 2.39. The Bertz CT molecular complexity index is 1550. The van der Waals surface area contributed by atoms with Gasteiger partial charge in [-0.3, -0.25) is 9.69 Å². The molecule has 45 heavy (non-hydrogen) atoms. The van der Waals surface area contributed by atoms with E-state index in [-0.39, 0.29) is 25.3 Å². The van der Waals surface area contributed by atoms with E-state index in [0.717, 1.165) is 40.7 Å². The monoisotopic (exact) mass is 650 g/mol. The smallest absolute Gasteiger partial charge is 0.410 e. The van der Waals surface area contributed by atoms with Gasteiger partial charge in [0.2, 0.25) is 0 Å². The molecule has 1 fully saturated rings. The molecule has 0 N–H and O–H groups in total. The van der Waals surface area contributed by atoms with Crippen molar-refractivity contribution in [2.45, 2.75) is 64.3 Å². The predicted molar refractivity (Wildman–Crippen MR) is 178 cm³/mol. The Kier molecular flexibility index (Phi) is 10.6. The van der Waals surface area contributed by atoms with Crippen molar-refractivity contribution in [1.29, 1.82) is 0 Å². The highest BCUT2D eigenvalue weighted by Gasteiger charge is 2.43. The first kappa shape index (κ1) is 33.0. The van der Waals surface area contributed by atoms with Crippen LogP contribution < -0.4 is 0 Å². The second-order valence-corrected chi connectivity index (χ2v) is 13.2. The molecule has 0 radical (unpaired) electrons. The summed E-state index contributed by atoms with van der Waals surface area (Å²) in [4.78, 5) is 32.1. The second kappa shape index (κ2) is 14.4. The molecule has 0 aromatic heterocycles. The van der Waals surface area contributed by atoms with Crippen LogP contribution >= 0.6 is 23.2 Å². The van der Waals surface area contributed by atoms with E-state index in [1.807, 2.05) is 68.1 Å². The van der Waals surface area contributed by atoms with Crippen LogP contribution in [0.25, 0.3) is 16.7 Å². The van der Waals surface area contributed by atoms with Gasteiger partial charge < -0.3 is 19.1 Å². The Hall–Kier alpha value is -3.36. The van der Waals surface area contributed by atoms with E-state index in [0.29, 0.717) is 35.1 Å². The van der Waals surface area contributed by atoms with Gasteiger partial charge in [0.1, 0.15) is 12.4 Å². The third-order valence-electron chi connectivity index (χ3n) is 7.91. The molecule has 1 heterocycles. The van der Waals surface area contributed by atoms with Gasteiger partial charge in [-0.2, -0.15) is 0 Å². The van der Waals surface area contributed by atoms with Crippen molar-refractivity contribution in [1.82, 2.24) is 9.80 Å². The summed E-state index contributed by atoms with van der Waals surface area (Å²) in [6, 6.07) is 23.2. The SMILES string of the molecule is COCOC[C@@H]1C(C(=O)N(Cc2cccc(Cl)c2Cl)C2CC2)=C(c2cccc(-c3ccccc3)c2)CCN1C(=O)OC(C)(C)C. The standard InChI is InChI=1S/C36H40Cl2N2O5/c1-36(2,3)45-35(42)39-19-18-29(26-13-8-12-25(20-26)24-10-6-5-7-11-24)32(31(39)22-44-23-43-4)34(41)40(28-16-17-28)21-27-14-9-15-30(37)33(27)38/h5-15,20,28,31H,16-19,21-23H2,1-4H3/t31-/m1/s1. The zero-order valence-electron chi connectivity index (χ0n) is 26.2. The van der Waals surface area contributed by atoms with Gasteiger partial charge >= 0.3 is 6.09 Å². The number of ether oxygens (including phenoxy) is 3. The van der Waals surface area contributed by atoms with Gasteiger partial charge in [0.05, 0.1) is 22.7 Å². The molecule has 3 aromatic carbocycles.